The molecule has 4 heterocycles. The second-order valence-corrected chi connectivity index (χ2v) is 6.41. The lowest BCUT2D eigenvalue weighted by Gasteiger charge is -2.33. The molecular weight excluding hydrogens is 276 g/mol. The van der Waals surface area contributed by atoms with E-state index in [0.29, 0.717) is 12.0 Å². The molecule has 1 unspecified atom stereocenters. The topological polar surface area (TPSA) is 43.2 Å². The number of aromatic nitrogens is 3. The molecule has 2 aromatic heterocycles. The summed E-state index contributed by atoms with van der Waals surface area (Å²) < 4.78 is 8.03. The molecular formula is C17H24N4O. The average Bonchev–Trinajstić information content (AvgIpc) is 3.22. The predicted octanol–water partition coefficient (Wildman–Crippen LogP) is 2.59. The summed E-state index contributed by atoms with van der Waals surface area (Å²) in [5.74, 6) is 1.62. The number of hydrogen-bond donors (Lipinski definition) is 0. The Kier molecular flexibility index (Phi) is 3.84. The van der Waals surface area contributed by atoms with Crippen molar-refractivity contribution in [3.8, 4) is 0 Å². The number of hydrogen-bond acceptors (Lipinski definition) is 4. The van der Waals surface area contributed by atoms with Gasteiger partial charge in [-0.3, -0.25) is 0 Å². The van der Waals surface area contributed by atoms with Crippen LogP contribution in [0.15, 0.2) is 18.3 Å². The highest BCUT2D eigenvalue weighted by molar-refractivity contribution is 5.71. The first-order valence-electron chi connectivity index (χ1n) is 8.49. The predicted molar refractivity (Wildman–Crippen MR) is 86.1 cm³/mol. The van der Waals surface area contributed by atoms with Gasteiger partial charge in [0.25, 0.3) is 0 Å². The van der Waals surface area contributed by atoms with Crippen LogP contribution in [-0.2, 0) is 4.74 Å². The van der Waals surface area contributed by atoms with Gasteiger partial charge in [0, 0.05) is 37.9 Å². The third kappa shape index (κ3) is 2.42. The highest BCUT2D eigenvalue weighted by Gasteiger charge is 2.29. The van der Waals surface area contributed by atoms with Crippen molar-refractivity contribution in [1.29, 1.82) is 0 Å². The summed E-state index contributed by atoms with van der Waals surface area (Å²) in [6.45, 7) is 7.41. The first-order valence-corrected chi connectivity index (χ1v) is 8.49. The molecule has 0 N–H and O–H groups in total. The van der Waals surface area contributed by atoms with Crippen LogP contribution in [0.1, 0.15) is 44.0 Å². The Bertz CT molecular complexity index is 639. The number of imidazole rings is 1. The molecule has 5 heteroatoms. The second-order valence-electron chi connectivity index (χ2n) is 6.41. The molecule has 2 aliphatic heterocycles. The van der Waals surface area contributed by atoms with Crippen LogP contribution in [0.2, 0.25) is 0 Å². The van der Waals surface area contributed by atoms with Gasteiger partial charge in [-0.15, -0.1) is 0 Å². The molecule has 0 aromatic carbocycles. The number of rotatable bonds is 3. The molecule has 0 aliphatic carbocycles. The van der Waals surface area contributed by atoms with E-state index in [1.165, 1.54) is 31.8 Å². The fraction of sp³-hybridized carbons (Fsp3) is 0.647. The minimum atomic E-state index is 0.429. The Hall–Kier alpha value is -1.46. The monoisotopic (exact) mass is 300 g/mol. The average molecular weight is 300 g/mol. The Balaban J connectivity index is 1.72. The van der Waals surface area contributed by atoms with Crippen molar-refractivity contribution in [1.82, 2.24) is 19.4 Å². The van der Waals surface area contributed by atoms with Crippen molar-refractivity contribution in [3.63, 3.8) is 0 Å². The first kappa shape index (κ1) is 14.2. The minimum absolute atomic E-state index is 0.429. The zero-order chi connectivity index (χ0) is 14.9. The molecule has 5 nitrogen and oxygen atoms in total. The third-order valence-electron chi connectivity index (χ3n) is 5.14. The summed E-state index contributed by atoms with van der Waals surface area (Å²) in [7, 11) is 0. The normalized spacial score (nSPS) is 24.3. The van der Waals surface area contributed by atoms with Gasteiger partial charge >= 0.3 is 0 Å². The van der Waals surface area contributed by atoms with Crippen molar-refractivity contribution in [2.24, 2.45) is 0 Å². The number of ether oxygens (including phenoxy) is 1. The summed E-state index contributed by atoms with van der Waals surface area (Å²) in [6, 6.07) is 4.59. The van der Waals surface area contributed by atoms with Crippen LogP contribution in [0.3, 0.4) is 0 Å². The molecule has 4 rings (SSSR count). The molecule has 0 bridgehead atoms. The van der Waals surface area contributed by atoms with Crippen LogP contribution >= 0.6 is 0 Å². The Morgan fingerprint density at radius 3 is 2.86 bits per heavy atom. The van der Waals surface area contributed by atoms with E-state index >= 15 is 0 Å². The van der Waals surface area contributed by atoms with Crippen molar-refractivity contribution < 1.29 is 4.74 Å². The van der Waals surface area contributed by atoms with Gasteiger partial charge in [-0.2, -0.15) is 0 Å². The van der Waals surface area contributed by atoms with Crippen molar-refractivity contribution in [2.45, 2.75) is 38.1 Å². The SMILES string of the molecule is CCN1CCC(n2c(C3CCOC3)nc3cccnc32)CC1. The Labute approximate surface area is 131 Å². The van der Waals surface area contributed by atoms with E-state index < -0.39 is 0 Å². The van der Waals surface area contributed by atoms with Gasteiger partial charge in [0.1, 0.15) is 11.3 Å². The maximum absolute atomic E-state index is 5.60. The van der Waals surface area contributed by atoms with Crippen LogP contribution in [0, 0.1) is 0 Å². The third-order valence-corrected chi connectivity index (χ3v) is 5.14. The first-order chi connectivity index (χ1) is 10.9. The zero-order valence-electron chi connectivity index (χ0n) is 13.2. The Morgan fingerprint density at radius 1 is 1.27 bits per heavy atom. The Morgan fingerprint density at radius 2 is 2.14 bits per heavy atom. The van der Waals surface area contributed by atoms with E-state index in [1.54, 1.807) is 0 Å². The van der Waals surface area contributed by atoms with Crippen molar-refractivity contribution in [2.75, 3.05) is 32.8 Å². The number of pyridine rings is 1. The van der Waals surface area contributed by atoms with Crippen LogP contribution in [0.4, 0.5) is 0 Å². The standard InChI is InChI=1S/C17H24N4O/c1-2-20-9-5-14(6-10-20)21-16(13-7-11-22-12-13)19-15-4-3-8-18-17(15)21/h3-4,8,13-14H,2,5-7,9-12H2,1H3. The lowest BCUT2D eigenvalue weighted by molar-refractivity contribution is 0.185. The minimum Gasteiger partial charge on any atom is -0.381 e. The molecule has 2 saturated heterocycles. The smallest absolute Gasteiger partial charge is 0.160 e. The molecule has 22 heavy (non-hydrogen) atoms. The molecule has 2 fully saturated rings. The van der Waals surface area contributed by atoms with E-state index in [9.17, 15) is 0 Å². The maximum Gasteiger partial charge on any atom is 0.160 e. The number of nitrogens with zero attached hydrogens (tertiary/aromatic N) is 4. The summed E-state index contributed by atoms with van der Waals surface area (Å²) in [6.07, 6.45) is 5.35. The highest BCUT2D eigenvalue weighted by atomic mass is 16.5. The van der Waals surface area contributed by atoms with E-state index in [4.69, 9.17) is 9.72 Å². The van der Waals surface area contributed by atoms with Gasteiger partial charge in [-0.05, 0) is 37.9 Å². The fourth-order valence-electron chi connectivity index (χ4n) is 3.83. The number of piperidine rings is 1. The largest absolute Gasteiger partial charge is 0.381 e. The summed E-state index contributed by atoms with van der Waals surface area (Å²) in [4.78, 5) is 12.1. The molecule has 118 valence electrons. The van der Waals surface area contributed by atoms with Gasteiger partial charge in [0.05, 0.1) is 6.61 Å². The van der Waals surface area contributed by atoms with E-state index in [-0.39, 0.29) is 0 Å². The van der Waals surface area contributed by atoms with Gasteiger partial charge in [-0.1, -0.05) is 6.92 Å². The molecule has 0 spiro atoms. The maximum atomic E-state index is 5.60. The van der Waals surface area contributed by atoms with Crippen molar-refractivity contribution >= 4 is 11.2 Å². The van der Waals surface area contributed by atoms with E-state index in [2.05, 4.69) is 27.4 Å². The summed E-state index contributed by atoms with van der Waals surface area (Å²) in [5.41, 5.74) is 2.08. The lowest BCUT2D eigenvalue weighted by Crippen LogP contribution is -2.35. The van der Waals surface area contributed by atoms with Crippen LogP contribution < -0.4 is 0 Å². The van der Waals surface area contributed by atoms with Crippen LogP contribution in [0.5, 0.6) is 0 Å². The highest BCUT2D eigenvalue weighted by Crippen LogP contribution is 2.33. The van der Waals surface area contributed by atoms with Crippen LogP contribution in [0.25, 0.3) is 11.2 Å². The molecule has 0 amide bonds. The lowest BCUT2D eigenvalue weighted by atomic mass is 10.0. The second kappa shape index (κ2) is 5.97. The summed E-state index contributed by atoms with van der Waals surface area (Å²) in [5, 5.41) is 0. The number of fused-ring (bicyclic) bond motifs is 1. The molecule has 0 radical (unpaired) electrons. The van der Waals surface area contributed by atoms with Gasteiger partial charge in [0.2, 0.25) is 0 Å². The van der Waals surface area contributed by atoms with Gasteiger partial charge in [-0.25, -0.2) is 9.97 Å². The number of likely N-dealkylation sites (tertiary alicyclic amines) is 1. The fourth-order valence-corrected chi connectivity index (χ4v) is 3.83. The zero-order valence-corrected chi connectivity index (χ0v) is 13.2. The molecule has 1 atom stereocenters. The molecule has 2 aliphatic rings. The van der Waals surface area contributed by atoms with Gasteiger partial charge < -0.3 is 14.2 Å². The van der Waals surface area contributed by atoms with Gasteiger partial charge in [0.15, 0.2) is 5.65 Å². The molecule has 2 aromatic rings. The molecule has 0 saturated carbocycles. The van der Waals surface area contributed by atoms with E-state index in [0.717, 1.165) is 37.3 Å². The van der Waals surface area contributed by atoms with Crippen LogP contribution in [-0.4, -0.2) is 52.3 Å². The quantitative estimate of drug-likeness (QED) is 0.874. The van der Waals surface area contributed by atoms with E-state index in [1.807, 2.05) is 12.3 Å². The van der Waals surface area contributed by atoms with Crippen molar-refractivity contribution in [3.05, 3.63) is 24.2 Å². The summed E-state index contributed by atoms with van der Waals surface area (Å²) >= 11 is 0.